The molecule has 1 rings (SSSR count). The third-order valence-electron chi connectivity index (χ3n) is 1.37. The van der Waals surface area contributed by atoms with Gasteiger partial charge in [0.1, 0.15) is 0 Å². The lowest BCUT2D eigenvalue weighted by atomic mass is 10.2. The number of hydrogen-bond donors (Lipinski definition) is 0. The minimum absolute atomic E-state index is 0.845. The lowest BCUT2D eigenvalue weighted by molar-refractivity contribution is 1.36. The van der Waals surface area contributed by atoms with Crippen LogP contribution in [0.1, 0.15) is 5.56 Å². The first-order valence-corrected chi connectivity index (χ1v) is 4.64. The van der Waals surface area contributed by atoms with Gasteiger partial charge in [-0.25, -0.2) is 0 Å². The molecule has 0 fully saturated rings. The predicted molar refractivity (Wildman–Crippen MR) is 48.0 cm³/mol. The molecule has 0 aliphatic rings. The molecule has 54 valence electrons. The van der Waals surface area contributed by atoms with Gasteiger partial charge in [0, 0.05) is 9.92 Å². The summed E-state index contributed by atoms with van der Waals surface area (Å²) < 4.78 is 0. The fourth-order valence-electron chi connectivity index (χ4n) is 0.744. The topological polar surface area (TPSA) is 0 Å². The van der Waals surface area contributed by atoms with Crippen molar-refractivity contribution in [3.8, 4) is 0 Å². The Morgan fingerprint density at radius 1 is 1.40 bits per heavy atom. The molecule has 0 nitrogen and oxygen atoms in total. The van der Waals surface area contributed by atoms with Gasteiger partial charge in [-0.1, -0.05) is 11.6 Å². The number of aryl methyl sites for hydroxylation is 1. The smallest absolute Gasteiger partial charge is 0.0435 e. The maximum absolute atomic E-state index is 5.83. The van der Waals surface area contributed by atoms with E-state index in [1.165, 1.54) is 4.90 Å². The van der Waals surface area contributed by atoms with E-state index in [-0.39, 0.29) is 0 Å². The van der Waals surface area contributed by atoms with E-state index >= 15 is 0 Å². The molecule has 0 aliphatic heterocycles. The standard InChI is InChI=1S/C8H9ClS/c1-6-5-7(10-2)3-4-8(6)9/h3-5H,1-2H3. The Balaban J connectivity index is 3.04. The summed E-state index contributed by atoms with van der Waals surface area (Å²) in [5.41, 5.74) is 1.15. The Kier molecular flexibility index (Phi) is 2.64. The fourth-order valence-corrected chi connectivity index (χ4v) is 1.36. The molecule has 0 aliphatic carbocycles. The van der Waals surface area contributed by atoms with Crippen molar-refractivity contribution in [3.05, 3.63) is 28.8 Å². The van der Waals surface area contributed by atoms with Crippen LogP contribution in [0.4, 0.5) is 0 Å². The SMILES string of the molecule is CSc1ccc(Cl)c(C)c1. The number of rotatable bonds is 1. The second-order valence-corrected chi connectivity index (χ2v) is 3.40. The highest BCUT2D eigenvalue weighted by Crippen LogP contribution is 2.21. The van der Waals surface area contributed by atoms with Crippen LogP contribution in [0, 0.1) is 6.92 Å². The molecule has 0 atom stereocenters. The molecule has 0 bridgehead atoms. The first-order valence-electron chi connectivity index (χ1n) is 3.04. The molecule has 0 spiro atoms. The molecule has 1 aromatic rings. The van der Waals surface area contributed by atoms with Gasteiger partial charge in [0.2, 0.25) is 0 Å². The van der Waals surface area contributed by atoms with Gasteiger partial charge in [0.25, 0.3) is 0 Å². The third-order valence-corrected chi connectivity index (χ3v) is 2.51. The highest BCUT2D eigenvalue weighted by atomic mass is 35.5. The van der Waals surface area contributed by atoms with Gasteiger partial charge < -0.3 is 0 Å². The van der Waals surface area contributed by atoms with Crippen molar-refractivity contribution in [3.63, 3.8) is 0 Å². The van der Waals surface area contributed by atoms with Crippen molar-refractivity contribution in [1.29, 1.82) is 0 Å². The minimum atomic E-state index is 0.845. The summed E-state index contributed by atoms with van der Waals surface area (Å²) in [4.78, 5) is 1.27. The molecule has 0 saturated heterocycles. The zero-order valence-corrected chi connectivity index (χ0v) is 7.59. The zero-order chi connectivity index (χ0) is 7.56. The van der Waals surface area contributed by atoms with Crippen molar-refractivity contribution in [1.82, 2.24) is 0 Å². The van der Waals surface area contributed by atoms with E-state index < -0.39 is 0 Å². The van der Waals surface area contributed by atoms with Crippen LogP contribution in [-0.2, 0) is 0 Å². The average molecular weight is 173 g/mol. The zero-order valence-electron chi connectivity index (χ0n) is 6.02. The lowest BCUT2D eigenvalue weighted by Gasteiger charge is -1.99. The van der Waals surface area contributed by atoms with E-state index in [1.54, 1.807) is 11.8 Å². The number of hydrogen-bond acceptors (Lipinski definition) is 1. The van der Waals surface area contributed by atoms with Crippen LogP contribution in [0.15, 0.2) is 23.1 Å². The number of halogens is 1. The Hall–Kier alpha value is -0.140. The molecule has 0 N–H and O–H groups in total. The Morgan fingerprint density at radius 3 is 2.60 bits per heavy atom. The number of thioether (sulfide) groups is 1. The predicted octanol–water partition coefficient (Wildman–Crippen LogP) is 3.37. The van der Waals surface area contributed by atoms with E-state index in [0.29, 0.717) is 0 Å². The Morgan fingerprint density at radius 2 is 2.10 bits per heavy atom. The summed E-state index contributed by atoms with van der Waals surface area (Å²) in [6, 6.07) is 6.05. The van der Waals surface area contributed by atoms with Gasteiger partial charge in [0.15, 0.2) is 0 Å². The van der Waals surface area contributed by atoms with Gasteiger partial charge >= 0.3 is 0 Å². The lowest BCUT2D eigenvalue weighted by Crippen LogP contribution is -1.75. The first kappa shape index (κ1) is 7.96. The van der Waals surface area contributed by atoms with Crippen molar-refractivity contribution >= 4 is 23.4 Å². The quantitative estimate of drug-likeness (QED) is 0.586. The van der Waals surface area contributed by atoms with Gasteiger partial charge in [-0.3, -0.25) is 0 Å². The highest BCUT2D eigenvalue weighted by Gasteiger charge is 1.94. The molecule has 0 aromatic heterocycles. The fraction of sp³-hybridized carbons (Fsp3) is 0.250. The summed E-state index contributed by atoms with van der Waals surface area (Å²) in [7, 11) is 0. The second kappa shape index (κ2) is 3.31. The van der Waals surface area contributed by atoms with Crippen LogP contribution in [0.5, 0.6) is 0 Å². The second-order valence-electron chi connectivity index (χ2n) is 2.12. The average Bonchev–Trinajstić information content (AvgIpc) is 1.95. The maximum Gasteiger partial charge on any atom is 0.0435 e. The van der Waals surface area contributed by atoms with Crippen LogP contribution in [0.25, 0.3) is 0 Å². The van der Waals surface area contributed by atoms with Crippen LogP contribution in [0.2, 0.25) is 5.02 Å². The van der Waals surface area contributed by atoms with Gasteiger partial charge in [0.05, 0.1) is 0 Å². The van der Waals surface area contributed by atoms with E-state index in [1.807, 2.05) is 19.1 Å². The molecule has 0 heterocycles. The van der Waals surface area contributed by atoms with E-state index in [2.05, 4.69) is 12.3 Å². The van der Waals surface area contributed by atoms with Crippen molar-refractivity contribution in [2.45, 2.75) is 11.8 Å². The first-order chi connectivity index (χ1) is 4.74. The van der Waals surface area contributed by atoms with E-state index in [0.717, 1.165) is 10.6 Å². The van der Waals surface area contributed by atoms with Gasteiger partial charge in [-0.2, -0.15) is 0 Å². The van der Waals surface area contributed by atoms with E-state index in [9.17, 15) is 0 Å². The van der Waals surface area contributed by atoms with Crippen LogP contribution in [0.3, 0.4) is 0 Å². The van der Waals surface area contributed by atoms with Crippen molar-refractivity contribution in [2.24, 2.45) is 0 Å². The summed E-state index contributed by atoms with van der Waals surface area (Å²) in [6.07, 6.45) is 2.06. The van der Waals surface area contributed by atoms with Crippen LogP contribution < -0.4 is 0 Å². The Bertz CT molecular complexity index is 233. The van der Waals surface area contributed by atoms with Gasteiger partial charge in [-0.05, 0) is 36.9 Å². The van der Waals surface area contributed by atoms with Crippen LogP contribution >= 0.6 is 23.4 Å². The van der Waals surface area contributed by atoms with Crippen molar-refractivity contribution in [2.75, 3.05) is 6.26 Å². The minimum Gasteiger partial charge on any atom is -0.130 e. The van der Waals surface area contributed by atoms with Crippen LogP contribution in [-0.4, -0.2) is 6.26 Å². The van der Waals surface area contributed by atoms with Gasteiger partial charge in [-0.15, -0.1) is 11.8 Å². The monoisotopic (exact) mass is 172 g/mol. The number of benzene rings is 1. The largest absolute Gasteiger partial charge is 0.130 e. The third kappa shape index (κ3) is 1.68. The summed E-state index contributed by atoms with van der Waals surface area (Å²) in [5, 5.41) is 0.845. The molecule has 10 heavy (non-hydrogen) atoms. The molecule has 2 heteroatoms. The van der Waals surface area contributed by atoms with Crippen molar-refractivity contribution < 1.29 is 0 Å². The Labute approximate surface area is 70.6 Å². The highest BCUT2D eigenvalue weighted by molar-refractivity contribution is 7.98. The molecule has 0 unspecified atom stereocenters. The maximum atomic E-state index is 5.83. The molecule has 1 aromatic carbocycles. The van der Waals surface area contributed by atoms with E-state index in [4.69, 9.17) is 11.6 Å². The summed E-state index contributed by atoms with van der Waals surface area (Å²) >= 11 is 7.56. The summed E-state index contributed by atoms with van der Waals surface area (Å²) in [6.45, 7) is 2.02. The molecule has 0 amide bonds. The molecule has 0 saturated carbocycles. The molecule has 0 radical (unpaired) electrons. The summed E-state index contributed by atoms with van der Waals surface area (Å²) in [5.74, 6) is 0. The molecular weight excluding hydrogens is 164 g/mol. The normalized spacial score (nSPS) is 9.90. The molecular formula is C8H9ClS.